The third-order valence-electron chi connectivity index (χ3n) is 6.33. The molecule has 0 saturated carbocycles. The number of alkyl halides is 3. The Morgan fingerprint density at radius 2 is 1.65 bits per heavy atom. The van der Waals surface area contributed by atoms with Crippen LogP contribution in [-0.2, 0) is 22.6 Å². The molecule has 0 atom stereocenters. The lowest BCUT2D eigenvalue weighted by Crippen LogP contribution is -2.44. The van der Waals surface area contributed by atoms with Gasteiger partial charge in [0.25, 0.3) is 11.8 Å². The van der Waals surface area contributed by atoms with E-state index in [1.807, 2.05) is 13.8 Å². The van der Waals surface area contributed by atoms with Gasteiger partial charge in [0, 0.05) is 36.9 Å². The van der Waals surface area contributed by atoms with Crippen LogP contribution in [0, 0.1) is 12.3 Å². The molecular formula is C30H31ClF3N9O4S. The number of benzene rings is 1. The van der Waals surface area contributed by atoms with Crippen molar-refractivity contribution in [3.05, 3.63) is 74.8 Å². The molecule has 13 nitrogen and oxygen atoms in total. The number of carbonyl (C=O) groups excluding carboxylic acids is 3. The van der Waals surface area contributed by atoms with Crippen LogP contribution in [0.1, 0.15) is 39.8 Å². The second kappa shape index (κ2) is 15.8. The number of carbonyl (C=O) groups is 3. The maximum atomic E-state index is 12.8. The monoisotopic (exact) mass is 705 g/mol. The van der Waals surface area contributed by atoms with E-state index in [4.69, 9.17) is 16.3 Å². The first-order valence-electron chi connectivity index (χ1n) is 14.3. The van der Waals surface area contributed by atoms with Crippen molar-refractivity contribution in [2.75, 3.05) is 30.3 Å². The van der Waals surface area contributed by atoms with E-state index in [0.717, 1.165) is 5.56 Å². The lowest BCUT2D eigenvalue weighted by atomic mass is 9.93. The highest BCUT2D eigenvalue weighted by Gasteiger charge is 2.29. The van der Waals surface area contributed by atoms with Crippen LogP contribution in [0.4, 0.5) is 30.6 Å². The zero-order valence-corrected chi connectivity index (χ0v) is 27.5. The first kappa shape index (κ1) is 35.9. The molecule has 4 aromatic rings. The van der Waals surface area contributed by atoms with Gasteiger partial charge in [0.1, 0.15) is 27.5 Å². The number of pyridine rings is 1. The van der Waals surface area contributed by atoms with Gasteiger partial charge >= 0.3 is 12.2 Å². The number of hydrogen-bond acceptors (Lipinski definition) is 12. The quantitative estimate of drug-likeness (QED) is 0.127. The molecule has 2 amide bonds. The molecule has 1 aromatic carbocycles. The van der Waals surface area contributed by atoms with Gasteiger partial charge in [-0.1, -0.05) is 37.6 Å². The van der Waals surface area contributed by atoms with Gasteiger partial charge in [0.15, 0.2) is 6.61 Å². The van der Waals surface area contributed by atoms with E-state index in [-0.39, 0.29) is 42.5 Å². The largest absolute Gasteiger partial charge is 0.454 e. The summed E-state index contributed by atoms with van der Waals surface area (Å²) in [6, 6.07) is 10.9. The Morgan fingerprint density at radius 1 is 0.938 bits per heavy atom. The summed E-state index contributed by atoms with van der Waals surface area (Å²) in [5.74, 6) is -1.30. The van der Waals surface area contributed by atoms with Crippen LogP contribution in [0.15, 0.2) is 48.7 Å². The number of ketones is 1. The molecular weight excluding hydrogens is 675 g/mol. The zero-order chi connectivity index (χ0) is 34.9. The topological polar surface area (TPSA) is 173 Å². The molecule has 0 saturated heterocycles. The summed E-state index contributed by atoms with van der Waals surface area (Å²) in [4.78, 5) is 49.5. The van der Waals surface area contributed by atoms with Crippen molar-refractivity contribution in [3.8, 4) is 6.01 Å². The van der Waals surface area contributed by atoms with Crippen molar-refractivity contribution in [3.63, 3.8) is 0 Å². The van der Waals surface area contributed by atoms with Gasteiger partial charge in [-0.25, -0.2) is 4.98 Å². The predicted molar refractivity (Wildman–Crippen MR) is 172 cm³/mol. The Bertz CT molecular complexity index is 1740. The number of aryl methyl sites for hydroxylation is 1. The maximum absolute atomic E-state index is 12.8. The standard InChI is InChI=1S/C30H31ClF3N9O4S/c1-17-42-43-25(48-17)10-21(44)27(46)38-15-29(2,3)14-37-26(45)19-6-9-22(36-13-19)39-24-11-23(35-12-18-4-7-20(31)8-5-18)40-28(41-24)47-16-30(32,33)34/h4-9,11,13H,10,12,14-16H2,1-3H3,(H,37,45)(H,38,46)(H2,35,36,39,40,41). The fraction of sp³-hybridized carbons (Fsp3) is 0.333. The second-order valence-electron chi connectivity index (χ2n) is 11.2. The van der Waals surface area contributed by atoms with Gasteiger partial charge < -0.3 is 26.0 Å². The highest BCUT2D eigenvalue weighted by molar-refractivity contribution is 7.11. The maximum Gasteiger partial charge on any atom is 0.422 e. The number of hydrogen-bond donors (Lipinski definition) is 4. The average Bonchev–Trinajstić information content (AvgIpc) is 3.45. The summed E-state index contributed by atoms with van der Waals surface area (Å²) in [6.07, 6.45) is -3.43. The van der Waals surface area contributed by atoms with Crippen molar-refractivity contribution < 1.29 is 32.3 Å². The fourth-order valence-electron chi connectivity index (χ4n) is 3.85. The lowest BCUT2D eigenvalue weighted by molar-refractivity contribution is -0.154. The van der Waals surface area contributed by atoms with E-state index in [1.165, 1.54) is 35.7 Å². The third kappa shape index (κ3) is 11.7. The molecule has 0 spiro atoms. The molecule has 0 unspecified atom stereocenters. The van der Waals surface area contributed by atoms with Gasteiger partial charge in [0.2, 0.25) is 5.78 Å². The van der Waals surface area contributed by atoms with Crippen LogP contribution in [0.25, 0.3) is 0 Å². The molecule has 254 valence electrons. The summed E-state index contributed by atoms with van der Waals surface area (Å²) >= 11 is 7.16. The van der Waals surface area contributed by atoms with Crippen LogP contribution in [-0.4, -0.2) is 68.6 Å². The Hall–Kier alpha value is -4.90. The van der Waals surface area contributed by atoms with Crippen LogP contribution >= 0.6 is 22.9 Å². The van der Waals surface area contributed by atoms with E-state index in [1.54, 1.807) is 31.2 Å². The third-order valence-corrected chi connectivity index (χ3v) is 7.42. The van der Waals surface area contributed by atoms with Crippen molar-refractivity contribution in [2.45, 2.75) is 39.9 Å². The molecule has 0 aliphatic carbocycles. The van der Waals surface area contributed by atoms with Gasteiger partial charge in [-0.15, -0.1) is 21.5 Å². The van der Waals surface area contributed by atoms with E-state index in [2.05, 4.69) is 46.4 Å². The Labute approximate surface area is 282 Å². The SMILES string of the molecule is Cc1nnc(CC(=O)C(=O)NCC(C)(C)CNC(=O)c2ccc(Nc3cc(NCc4ccc(Cl)cc4)nc(OCC(F)(F)F)n3)nc2)s1. The highest BCUT2D eigenvalue weighted by atomic mass is 35.5. The van der Waals surface area contributed by atoms with Gasteiger partial charge in [0.05, 0.1) is 12.0 Å². The molecule has 0 fully saturated rings. The average molecular weight is 706 g/mol. The number of ether oxygens (including phenoxy) is 1. The molecule has 4 N–H and O–H groups in total. The number of Topliss-reactive ketones (excluding diaryl/α,β-unsaturated/α-hetero) is 1. The molecule has 0 aliphatic rings. The number of halogens is 4. The van der Waals surface area contributed by atoms with E-state index in [0.29, 0.717) is 21.6 Å². The highest BCUT2D eigenvalue weighted by Crippen LogP contribution is 2.23. The molecule has 48 heavy (non-hydrogen) atoms. The molecule has 0 bridgehead atoms. The number of rotatable bonds is 15. The predicted octanol–water partition coefficient (Wildman–Crippen LogP) is 4.67. The number of aromatic nitrogens is 5. The van der Waals surface area contributed by atoms with Crippen LogP contribution in [0.2, 0.25) is 5.02 Å². The number of amides is 2. The first-order chi connectivity index (χ1) is 22.6. The summed E-state index contributed by atoms with van der Waals surface area (Å²) in [6.45, 7) is 4.38. The Kier molecular flexibility index (Phi) is 11.8. The van der Waals surface area contributed by atoms with Crippen molar-refractivity contribution >= 4 is 58.0 Å². The molecule has 18 heteroatoms. The molecule has 3 heterocycles. The Morgan fingerprint density at radius 3 is 2.29 bits per heavy atom. The minimum absolute atomic E-state index is 0.0891. The van der Waals surface area contributed by atoms with Crippen molar-refractivity contribution in [1.82, 2.24) is 35.8 Å². The second-order valence-corrected chi connectivity index (χ2v) is 12.9. The van der Waals surface area contributed by atoms with E-state index in [9.17, 15) is 27.6 Å². The number of anilines is 3. The minimum Gasteiger partial charge on any atom is -0.454 e. The van der Waals surface area contributed by atoms with Crippen molar-refractivity contribution in [1.29, 1.82) is 0 Å². The van der Waals surface area contributed by atoms with Gasteiger partial charge in [-0.05, 0) is 42.2 Å². The Balaban J connectivity index is 1.32. The fourth-order valence-corrected chi connectivity index (χ4v) is 4.68. The molecule has 4 rings (SSSR count). The normalized spacial score (nSPS) is 11.5. The first-order valence-corrected chi connectivity index (χ1v) is 15.5. The molecule has 0 radical (unpaired) electrons. The summed E-state index contributed by atoms with van der Waals surface area (Å²) in [5.41, 5.74) is 0.475. The molecule has 0 aliphatic heterocycles. The zero-order valence-electron chi connectivity index (χ0n) is 25.9. The smallest absolute Gasteiger partial charge is 0.422 e. The number of nitrogens with one attached hydrogen (secondary N) is 4. The van der Waals surface area contributed by atoms with Crippen molar-refractivity contribution in [2.24, 2.45) is 5.41 Å². The van der Waals surface area contributed by atoms with Crippen LogP contribution in [0.5, 0.6) is 6.01 Å². The summed E-state index contributed by atoms with van der Waals surface area (Å²) in [5, 5.41) is 20.7. The van der Waals surface area contributed by atoms with E-state index < -0.39 is 41.8 Å². The van der Waals surface area contributed by atoms with E-state index >= 15 is 0 Å². The van der Waals surface area contributed by atoms with Crippen LogP contribution < -0.4 is 26.0 Å². The minimum atomic E-state index is -4.59. The summed E-state index contributed by atoms with van der Waals surface area (Å²) in [7, 11) is 0. The van der Waals surface area contributed by atoms with Crippen LogP contribution in [0.3, 0.4) is 0 Å². The van der Waals surface area contributed by atoms with Gasteiger partial charge in [-0.2, -0.15) is 23.1 Å². The lowest BCUT2D eigenvalue weighted by Gasteiger charge is -2.25. The number of nitrogens with zero attached hydrogens (tertiary/aromatic N) is 5. The molecule has 3 aromatic heterocycles. The van der Waals surface area contributed by atoms with Gasteiger partial charge in [-0.3, -0.25) is 14.4 Å². The summed E-state index contributed by atoms with van der Waals surface area (Å²) < 4.78 is 43.1.